The number of hydrogen-bond donors (Lipinski definition) is 0. The van der Waals surface area contributed by atoms with Gasteiger partial charge in [0.15, 0.2) is 5.78 Å². The van der Waals surface area contributed by atoms with Crippen LogP contribution < -0.4 is 4.90 Å². The fourth-order valence-corrected chi connectivity index (χ4v) is 3.77. The average Bonchev–Trinajstić information content (AvgIpc) is 3.00. The number of rotatable bonds is 4. The predicted molar refractivity (Wildman–Crippen MR) is 105 cm³/mol. The Balaban J connectivity index is 1.89. The van der Waals surface area contributed by atoms with Gasteiger partial charge >= 0.3 is 0 Å². The van der Waals surface area contributed by atoms with Crippen molar-refractivity contribution >= 4 is 34.8 Å². The van der Waals surface area contributed by atoms with Gasteiger partial charge in [0.05, 0.1) is 17.9 Å². The van der Waals surface area contributed by atoms with E-state index in [1.807, 2.05) is 0 Å². The monoisotopic (exact) mass is 390 g/mol. The van der Waals surface area contributed by atoms with Crippen LogP contribution in [0, 0.1) is 5.92 Å². The third kappa shape index (κ3) is 3.00. The van der Waals surface area contributed by atoms with Gasteiger partial charge in [-0.05, 0) is 23.8 Å². The van der Waals surface area contributed by atoms with Gasteiger partial charge in [0.1, 0.15) is 5.92 Å². The van der Waals surface area contributed by atoms with Crippen molar-refractivity contribution in [2.45, 2.75) is 6.04 Å². The molecule has 0 bridgehead atoms. The Bertz CT molecular complexity index is 1050. The van der Waals surface area contributed by atoms with Gasteiger partial charge in [0, 0.05) is 16.8 Å². The van der Waals surface area contributed by atoms with E-state index >= 15 is 0 Å². The van der Waals surface area contributed by atoms with Crippen LogP contribution in [-0.2, 0) is 9.59 Å². The molecule has 2 heterocycles. The van der Waals surface area contributed by atoms with Gasteiger partial charge in [-0.25, -0.2) is 0 Å². The number of hydrogen-bond acceptors (Lipinski definition) is 4. The molecule has 0 aliphatic carbocycles. The summed E-state index contributed by atoms with van der Waals surface area (Å²) in [7, 11) is 0. The molecule has 4 rings (SSSR count). The first-order valence-corrected chi connectivity index (χ1v) is 9.08. The van der Waals surface area contributed by atoms with E-state index in [0.29, 0.717) is 21.8 Å². The van der Waals surface area contributed by atoms with Gasteiger partial charge in [0.2, 0.25) is 5.78 Å². The summed E-state index contributed by atoms with van der Waals surface area (Å²) in [5.41, 5.74) is 1.36. The zero-order chi connectivity index (χ0) is 19.7. The maximum Gasteiger partial charge on any atom is 0.295 e. The van der Waals surface area contributed by atoms with Gasteiger partial charge in [-0.15, -0.1) is 0 Å². The van der Waals surface area contributed by atoms with Crippen LogP contribution in [0.15, 0.2) is 79.1 Å². The second-order valence-corrected chi connectivity index (χ2v) is 6.83. The summed E-state index contributed by atoms with van der Waals surface area (Å²) >= 11 is 6.39. The van der Waals surface area contributed by atoms with Crippen molar-refractivity contribution in [1.82, 2.24) is 4.98 Å². The fraction of sp³-hybridized carbons (Fsp3) is 0.0909. The van der Waals surface area contributed by atoms with E-state index in [4.69, 9.17) is 11.6 Å². The SMILES string of the molecule is O=C1C(=O)N(c2cccnc2)[C@@H](c2ccccc2Cl)[C@H]1C(=O)c1ccccc1. The minimum absolute atomic E-state index is 0.374. The van der Waals surface area contributed by atoms with Crippen LogP contribution in [0.1, 0.15) is 22.0 Å². The number of pyridine rings is 1. The molecule has 0 saturated carbocycles. The van der Waals surface area contributed by atoms with Gasteiger partial charge < -0.3 is 0 Å². The molecule has 1 aliphatic heterocycles. The molecule has 0 radical (unpaired) electrons. The number of ketones is 2. The van der Waals surface area contributed by atoms with E-state index in [1.54, 1.807) is 72.9 Å². The standard InChI is InChI=1S/C22H15ClN2O3/c23-17-11-5-4-10-16(17)19-18(20(26)14-7-2-1-3-8-14)21(27)22(28)25(19)15-9-6-12-24-13-15/h1-13,18-19H/t18-,19-/m0/s1. The molecule has 1 amide bonds. The van der Waals surface area contributed by atoms with Crippen LogP contribution in [0.25, 0.3) is 0 Å². The van der Waals surface area contributed by atoms with E-state index in [-0.39, 0.29) is 0 Å². The van der Waals surface area contributed by atoms with Crippen molar-refractivity contribution in [1.29, 1.82) is 0 Å². The lowest BCUT2D eigenvalue weighted by molar-refractivity contribution is -0.135. The molecule has 2 atom stereocenters. The number of amides is 1. The van der Waals surface area contributed by atoms with Crippen LogP contribution in [0.4, 0.5) is 5.69 Å². The van der Waals surface area contributed by atoms with Crippen LogP contribution in [0.3, 0.4) is 0 Å². The van der Waals surface area contributed by atoms with Crippen molar-refractivity contribution in [2.24, 2.45) is 5.92 Å². The van der Waals surface area contributed by atoms with Crippen molar-refractivity contribution in [3.05, 3.63) is 95.3 Å². The minimum atomic E-state index is -1.19. The number of halogens is 1. The second-order valence-electron chi connectivity index (χ2n) is 6.42. The van der Waals surface area contributed by atoms with Gasteiger partial charge in [0.25, 0.3) is 5.91 Å². The normalized spacial score (nSPS) is 19.1. The zero-order valence-electron chi connectivity index (χ0n) is 14.7. The predicted octanol–water partition coefficient (Wildman–Crippen LogP) is 3.89. The number of carbonyl (C=O) groups excluding carboxylic acids is 3. The Morgan fingerprint density at radius 3 is 2.32 bits per heavy atom. The summed E-state index contributed by atoms with van der Waals surface area (Å²) in [6.07, 6.45) is 3.06. The Morgan fingerprint density at radius 2 is 1.64 bits per heavy atom. The maximum atomic E-state index is 13.2. The van der Waals surface area contributed by atoms with Crippen LogP contribution in [0.2, 0.25) is 5.02 Å². The molecule has 5 nitrogen and oxygen atoms in total. The molecule has 6 heteroatoms. The highest BCUT2D eigenvalue weighted by molar-refractivity contribution is 6.49. The first-order chi connectivity index (χ1) is 13.6. The Labute approximate surface area is 166 Å². The molecule has 28 heavy (non-hydrogen) atoms. The molecule has 1 aliphatic rings. The molecule has 1 fully saturated rings. The molecular weight excluding hydrogens is 376 g/mol. The van der Waals surface area contributed by atoms with E-state index in [9.17, 15) is 14.4 Å². The first-order valence-electron chi connectivity index (χ1n) is 8.70. The lowest BCUT2D eigenvalue weighted by atomic mass is 9.86. The van der Waals surface area contributed by atoms with E-state index in [0.717, 1.165) is 0 Å². The minimum Gasteiger partial charge on any atom is -0.295 e. The van der Waals surface area contributed by atoms with Crippen molar-refractivity contribution < 1.29 is 14.4 Å². The highest BCUT2D eigenvalue weighted by Crippen LogP contribution is 2.43. The summed E-state index contributed by atoms with van der Waals surface area (Å²) in [6, 6.07) is 17.9. The fourth-order valence-electron chi connectivity index (χ4n) is 3.52. The van der Waals surface area contributed by atoms with Crippen molar-refractivity contribution in [3.63, 3.8) is 0 Å². The molecule has 1 aromatic heterocycles. The summed E-state index contributed by atoms with van der Waals surface area (Å²) in [6.45, 7) is 0. The largest absolute Gasteiger partial charge is 0.295 e. The third-order valence-electron chi connectivity index (χ3n) is 4.79. The van der Waals surface area contributed by atoms with Crippen molar-refractivity contribution in [2.75, 3.05) is 4.90 Å². The quantitative estimate of drug-likeness (QED) is 0.385. The van der Waals surface area contributed by atoms with Gasteiger partial charge in [-0.2, -0.15) is 0 Å². The summed E-state index contributed by atoms with van der Waals surface area (Å²) in [5.74, 6) is -3.08. The lowest BCUT2D eigenvalue weighted by Gasteiger charge is -2.27. The number of nitrogens with zero attached hydrogens (tertiary/aromatic N) is 2. The number of anilines is 1. The highest BCUT2D eigenvalue weighted by atomic mass is 35.5. The lowest BCUT2D eigenvalue weighted by Crippen LogP contribution is -2.30. The van der Waals surface area contributed by atoms with E-state index in [1.165, 1.54) is 11.1 Å². The third-order valence-corrected chi connectivity index (χ3v) is 5.14. The maximum absolute atomic E-state index is 13.2. The molecule has 0 spiro atoms. The number of Topliss-reactive ketones (excluding diaryl/α,β-unsaturated/α-hetero) is 2. The van der Waals surface area contributed by atoms with Gasteiger partial charge in [-0.1, -0.05) is 60.1 Å². The summed E-state index contributed by atoms with van der Waals surface area (Å²) < 4.78 is 0. The van der Waals surface area contributed by atoms with Crippen LogP contribution >= 0.6 is 11.6 Å². The first kappa shape index (κ1) is 18.1. The Kier molecular flexibility index (Phi) is 4.75. The number of benzene rings is 2. The van der Waals surface area contributed by atoms with Crippen LogP contribution in [0.5, 0.6) is 0 Å². The molecule has 0 unspecified atom stereocenters. The van der Waals surface area contributed by atoms with E-state index in [2.05, 4.69) is 4.98 Å². The average molecular weight is 391 g/mol. The van der Waals surface area contributed by atoms with Crippen LogP contribution in [-0.4, -0.2) is 22.5 Å². The molecule has 0 N–H and O–H groups in total. The Morgan fingerprint density at radius 1 is 0.929 bits per heavy atom. The highest BCUT2D eigenvalue weighted by Gasteiger charge is 2.52. The smallest absolute Gasteiger partial charge is 0.295 e. The number of carbonyl (C=O) groups is 3. The van der Waals surface area contributed by atoms with Gasteiger partial charge in [-0.3, -0.25) is 24.3 Å². The molecule has 138 valence electrons. The molecule has 3 aromatic rings. The van der Waals surface area contributed by atoms with Crippen molar-refractivity contribution in [3.8, 4) is 0 Å². The summed E-state index contributed by atoms with van der Waals surface area (Å²) in [4.78, 5) is 44.4. The molecular formula is C22H15ClN2O3. The summed E-state index contributed by atoms with van der Waals surface area (Å²) in [5, 5.41) is 0.384. The number of aromatic nitrogens is 1. The molecule has 1 saturated heterocycles. The van der Waals surface area contributed by atoms with E-state index < -0.39 is 29.4 Å². The Hall–Kier alpha value is -3.31. The topological polar surface area (TPSA) is 67.3 Å². The zero-order valence-corrected chi connectivity index (χ0v) is 15.4. The molecule has 2 aromatic carbocycles. The second kappa shape index (κ2) is 7.37.